The Bertz CT molecular complexity index is 475. The average molecular weight is 311 g/mol. The minimum Gasteiger partial charge on any atom is -0.300 e. The quantitative estimate of drug-likeness (QED) is 0.508. The molecule has 110 valence electrons. The van der Waals surface area contributed by atoms with Crippen LogP contribution >= 0.6 is 23.1 Å². The zero-order valence-electron chi connectivity index (χ0n) is 12.0. The normalized spacial score (nSPS) is 18.7. The van der Waals surface area contributed by atoms with Gasteiger partial charge in [-0.1, -0.05) is 43.0 Å². The number of amides is 1. The molecule has 1 fully saturated rings. The van der Waals surface area contributed by atoms with Crippen molar-refractivity contribution in [1.29, 1.82) is 0 Å². The molecule has 1 aliphatic carbocycles. The number of rotatable bonds is 5. The predicted octanol–water partition coefficient (Wildman–Crippen LogP) is 3.97. The van der Waals surface area contributed by atoms with Gasteiger partial charge in [0.15, 0.2) is 4.34 Å². The van der Waals surface area contributed by atoms with E-state index < -0.39 is 0 Å². The second-order valence-corrected chi connectivity index (χ2v) is 8.15. The third-order valence-electron chi connectivity index (χ3n) is 3.67. The highest BCUT2D eigenvalue weighted by molar-refractivity contribution is 8.01. The summed E-state index contributed by atoms with van der Waals surface area (Å²) in [6, 6.07) is 0. The molecule has 0 unspecified atom stereocenters. The molecule has 2 rings (SSSR count). The van der Waals surface area contributed by atoms with Crippen molar-refractivity contribution >= 4 is 34.1 Å². The maximum Gasteiger partial charge on any atom is 0.229 e. The Hall–Kier alpha value is -0.880. The topological polar surface area (TPSA) is 54.9 Å². The fourth-order valence-electron chi connectivity index (χ4n) is 2.32. The van der Waals surface area contributed by atoms with Crippen molar-refractivity contribution in [2.75, 3.05) is 11.1 Å². The monoisotopic (exact) mass is 311 g/mol. The summed E-state index contributed by atoms with van der Waals surface area (Å²) in [4.78, 5) is 12.2. The van der Waals surface area contributed by atoms with Crippen LogP contribution in [0.25, 0.3) is 0 Å². The molecular formula is C14H21N3OS2. The first-order chi connectivity index (χ1) is 9.50. The van der Waals surface area contributed by atoms with Gasteiger partial charge in [0.05, 0.1) is 0 Å². The third-order valence-corrected chi connectivity index (χ3v) is 5.64. The van der Waals surface area contributed by atoms with E-state index in [2.05, 4.69) is 35.9 Å². The number of nitrogens with zero attached hydrogens (tertiary/aromatic N) is 2. The van der Waals surface area contributed by atoms with Crippen LogP contribution in [0.1, 0.15) is 39.5 Å². The van der Waals surface area contributed by atoms with Crippen LogP contribution < -0.4 is 5.32 Å². The smallest absolute Gasteiger partial charge is 0.229 e. The third kappa shape index (κ3) is 4.31. The van der Waals surface area contributed by atoms with Gasteiger partial charge in [0.1, 0.15) is 0 Å². The van der Waals surface area contributed by atoms with Crippen molar-refractivity contribution in [3.8, 4) is 0 Å². The van der Waals surface area contributed by atoms with Gasteiger partial charge in [-0.2, -0.15) is 0 Å². The number of nitrogens with one attached hydrogen (secondary N) is 1. The van der Waals surface area contributed by atoms with Crippen molar-refractivity contribution in [1.82, 2.24) is 10.2 Å². The van der Waals surface area contributed by atoms with Crippen LogP contribution in [0.5, 0.6) is 0 Å². The first-order valence-electron chi connectivity index (χ1n) is 6.88. The van der Waals surface area contributed by atoms with Gasteiger partial charge in [-0.25, -0.2) is 0 Å². The largest absolute Gasteiger partial charge is 0.300 e. The van der Waals surface area contributed by atoms with Crippen LogP contribution in [0.2, 0.25) is 0 Å². The molecule has 1 saturated carbocycles. The fraction of sp³-hybridized carbons (Fsp3) is 0.643. The fourth-order valence-corrected chi connectivity index (χ4v) is 3.83. The van der Waals surface area contributed by atoms with Gasteiger partial charge in [-0.15, -0.1) is 16.8 Å². The molecule has 0 atom stereocenters. The van der Waals surface area contributed by atoms with Crippen LogP contribution in [-0.4, -0.2) is 21.9 Å². The molecule has 0 aromatic carbocycles. The number of hydrogen-bond acceptors (Lipinski definition) is 5. The van der Waals surface area contributed by atoms with E-state index in [4.69, 9.17) is 0 Å². The van der Waals surface area contributed by atoms with E-state index in [0.29, 0.717) is 10.5 Å². The molecule has 20 heavy (non-hydrogen) atoms. The molecule has 6 heteroatoms. The Morgan fingerprint density at radius 2 is 2.20 bits per heavy atom. The van der Waals surface area contributed by atoms with Crippen molar-refractivity contribution in [3.63, 3.8) is 0 Å². The van der Waals surface area contributed by atoms with Crippen molar-refractivity contribution in [2.24, 2.45) is 11.3 Å². The molecule has 4 nitrogen and oxygen atoms in total. The highest BCUT2D eigenvalue weighted by Gasteiger charge is 2.30. The van der Waals surface area contributed by atoms with E-state index in [-0.39, 0.29) is 11.8 Å². The van der Waals surface area contributed by atoms with Gasteiger partial charge in [-0.3, -0.25) is 4.79 Å². The number of anilines is 1. The average Bonchev–Trinajstić information content (AvgIpc) is 2.83. The van der Waals surface area contributed by atoms with Gasteiger partial charge < -0.3 is 5.32 Å². The van der Waals surface area contributed by atoms with Crippen LogP contribution in [0.3, 0.4) is 0 Å². The highest BCUT2D eigenvalue weighted by Crippen LogP contribution is 2.38. The Morgan fingerprint density at radius 1 is 1.50 bits per heavy atom. The van der Waals surface area contributed by atoms with Crippen LogP contribution in [-0.2, 0) is 4.79 Å². The summed E-state index contributed by atoms with van der Waals surface area (Å²) < 4.78 is 0.866. The first kappa shape index (κ1) is 15.5. The summed E-state index contributed by atoms with van der Waals surface area (Å²) >= 11 is 3.01. The summed E-state index contributed by atoms with van der Waals surface area (Å²) in [5.41, 5.74) is 0.383. The van der Waals surface area contributed by atoms with Crippen LogP contribution in [0.4, 0.5) is 5.13 Å². The first-order valence-corrected chi connectivity index (χ1v) is 8.68. The number of carbonyl (C=O) groups is 1. The van der Waals surface area contributed by atoms with E-state index in [1.807, 2.05) is 6.08 Å². The van der Waals surface area contributed by atoms with Gasteiger partial charge in [0, 0.05) is 11.7 Å². The second kappa shape index (κ2) is 6.72. The van der Waals surface area contributed by atoms with Crippen LogP contribution in [0, 0.1) is 11.3 Å². The molecule has 0 spiro atoms. The van der Waals surface area contributed by atoms with E-state index in [1.165, 1.54) is 11.3 Å². The molecular weight excluding hydrogens is 290 g/mol. The Balaban J connectivity index is 1.85. The Kier molecular flexibility index (Phi) is 5.21. The minimum absolute atomic E-state index is 0.0944. The number of carbonyl (C=O) groups excluding carboxylic acids is 1. The van der Waals surface area contributed by atoms with E-state index in [1.54, 1.807) is 11.8 Å². The summed E-state index contributed by atoms with van der Waals surface area (Å²) in [7, 11) is 0. The molecule has 1 aromatic rings. The summed E-state index contributed by atoms with van der Waals surface area (Å²) in [5, 5.41) is 11.6. The van der Waals surface area contributed by atoms with E-state index in [0.717, 1.165) is 35.8 Å². The number of thioether (sulfide) groups is 1. The lowest BCUT2D eigenvalue weighted by Crippen LogP contribution is -2.30. The second-order valence-electron chi connectivity index (χ2n) is 5.90. The lowest BCUT2D eigenvalue weighted by molar-refractivity contribution is -0.121. The van der Waals surface area contributed by atoms with Crippen molar-refractivity contribution in [3.05, 3.63) is 12.7 Å². The standard InChI is InChI=1S/C14H21N3OS2/c1-4-9-19-13-17-16-12(20-13)15-11(18)10-5-7-14(2,3)8-6-10/h4,10H,1,5-9H2,2-3H3,(H,15,16,18). The molecule has 0 aliphatic heterocycles. The summed E-state index contributed by atoms with van der Waals surface area (Å²) in [6.07, 6.45) is 5.99. The number of aromatic nitrogens is 2. The lowest BCUT2D eigenvalue weighted by Gasteiger charge is -2.33. The maximum absolute atomic E-state index is 12.2. The Labute approximate surface area is 128 Å². The molecule has 1 amide bonds. The van der Waals surface area contributed by atoms with Crippen LogP contribution in [0.15, 0.2) is 17.0 Å². The minimum atomic E-state index is 0.0944. The molecule has 0 saturated heterocycles. The van der Waals surface area contributed by atoms with Gasteiger partial charge >= 0.3 is 0 Å². The summed E-state index contributed by atoms with van der Waals surface area (Å²) in [6.45, 7) is 8.22. The molecule has 1 aliphatic rings. The van der Waals surface area contributed by atoms with Gasteiger partial charge in [0.2, 0.25) is 11.0 Å². The molecule has 1 N–H and O–H groups in total. The highest BCUT2D eigenvalue weighted by atomic mass is 32.2. The van der Waals surface area contributed by atoms with E-state index >= 15 is 0 Å². The zero-order valence-corrected chi connectivity index (χ0v) is 13.6. The SMILES string of the molecule is C=CCSc1nnc(NC(=O)C2CCC(C)(C)CC2)s1. The molecule has 0 radical (unpaired) electrons. The molecule has 1 aromatic heterocycles. The zero-order chi connectivity index (χ0) is 14.6. The lowest BCUT2D eigenvalue weighted by atomic mass is 9.73. The number of hydrogen-bond donors (Lipinski definition) is 1. The van der Waals surface area contributed by atoms with Gasteiger partial charge in [-0.05, 0) is 31.1 Å². The van der Waals surface area contributed by atoms with Gasteiger partial charge in [0.25, 0.3) is 0 Å². The Morgan fingerprint density at radius 3 is 2.85 bits per heavy atom. The predicted molar refractivity (Wildman–Crippen MR) is 85.2 cm³/mol. The van der Waals surface area contributed by atoms with Crippen molar-refractivity contribution < 1.29 is 4.79 Å². The van der Waals surface area contributed by atoms with E-state index in [9.17, 15) is 4.79 Å². The maximum atomic E-state index is 12.2. The summed E-state index contributed by atoms with van der Waals surface area (Å²) in [5.74, 6) is 1.02. The molecule has 1 heterocycles. The molecule has 0 bridgehead atoms. The van der Waals surface area contributed by atoms with Crippen molar-refractivity contribution in [2.45, 2.75) is 43.9 Å².